The summed E-state index contributed by atoms with van der Waals surface area (Å²) in [5.74, 6) is 0. The Morgan fingerprint density at radius 2 is 1.94 bits per heavy atom. The number of amides is 2. The van der Waals surface area contributed by atoms with E-state index in [4.69, 9.17) is 5.14 Å². The second-order valence-corrected chi connectivity index (χ2v) is 11.5. The Morgan fingerprint density at radius 1 is 1.16 bits per heavy atom. The summed E-state index contributed by atoms with van der Waals surface area (Å²) in [6, 6.07) is 3.20. The van der Waals surface area contributed by atoms with Crippen LogP contribution in [0.2, 0.25) is 0 Å². The fourth-order valence-electron chi connectivity index (χ4n) is 4.75. The molecule has 3 N–H and O–H groups in total. The zero-order valence-corrected chi connectivity index (χ0v) is 18.6. The molecule has 166 valence electrons. The third-order valence-electron chi connectivity index (χ3n) is 6.30. The highest BCUT2D eigenvalue weighted by molar-refractivity contribution is 7.93. The normalized spacial score (nSPS) is 19.2. The van der Waals surface area contributed by atoms with Gasteiger partial charge in [-0.15, -0.1) is 15.7 Å². The molecule has 5 rings (SSSR count). The number of thiophene rings is 1. The van der Waals surface area contributed by atoms with Crippen molar-refractivity contribution in [3.05, 3.63) is 44.8 Å². The van der Waals surface area contributed by atoms with E-state index in [-0.39, 0.29) is 6.54 Å². The Kier molecular flexibility index (Phi) is 5.36. The van der Waals surface area contributed by atoms with Crippen LogP contribution in [0, 0.1) is 0 Å². The van der Waals surface area contributed by atoms with Crippen molar-refractivity contribution in [1.29, 1.82) is 0 Å². The number of aryl methyl sites for hydroxylation is 2. The monoisotopic (exact) mass is 466 g/mol. The number of rotatable bonds is 4. The molecule has 0 unspecified atom stereocenters. The predicted octanol–water partition coefficient (Wildman–Crippen LogP) is 3.89. The van der Waals surface area contributed by atoms with Crippen LogP contribution >= 0.6 is 11.3 Å². The zero-order chi connectivity index (χ0) is 21.8. The largest absolute Gasteiger partial charge is 0.354 e. The molecule has 6 nitrogen and oxygen atoms in total. The number of carbonyl (C=O) groups is 1. The van der Waals surface area contributed by atoms with E-state index in [0.717, 1.165) is 59.4 Å². The van der Waals surface area contributed by atoms with Crippen LogP contribution in [0.5, 0.6) is 0 Å². The minimum Gasteiger partial charge on any atom is -0.305 e. The summed E-state index contributed by atoms with van der Waals surface area (Å²) in [7, 11) is -3.42. The van der Waals surface area contributed by atoms with Crippen LogP contribution in [0.15, 0.2) is 20.7 Å². The molecule has 3 aliphatic rings. The van der Waals surface area contributed by atoms with Gasteiger partial charge >= 0.3 is 6.03 Å². The van der Waals surface area contributed by atoms with Crippen LogP contribution in [-0.4, -0.2) is 34.7 Å². The molecular weight excluding hydrogens is 442 g/mol. The van der Waals surface area contributed by atoms with Gasteiger partial charge in [0.2, 0.25) is 0 Å². The molecule has 0 saturated heterocycles. The van der Waals surface area contributed by atoms with Crippen LogP contribution in [0.3, 0.4) is 0 Å². The molecule has 1 aromatic carbocycles. The van der Waals surface area contributed by atoms with Crippen molar-refractivity contribution in [2.24, 2.45) is 9.50 Å². The van der Waals surface area contributed by atoms with Crippen molar-refractivity contribution in [3.8, 4) is 0 Å². The summed E-state index contributed by atoms with van der Waals surface area (Å²) >= 11 is 1.26. The lowest BCUT2D eigenvalue weighted by Crippen LogP contribution is -2.33. The number of benzene rings is 1. The molecule has 0 bridgehead atoms. The molecule has 2 heterocycles. The van der Waals surface area contributed by atoms with Gasteiger partial charge in [-0.05, 0) is 72.4 Å². The summed E-state index contributed by atoms with van der Waals surface area (Å²) in [5.41, 5.74) is 6.52. The molecule has 2 aliphatic carbocycles. The van der Waals surface area contributed by atoms with Crippen molar-refractivity contribution in [2.75, 3.05) is 18.4 Å². The van der Waals surface area contributed by atoms with E-state index < -0.39 is 22.4 Å². The number of urea groups is 1. The van der Waals surface area contributed by atoms with Crippen LogP contribution in [0.4, 0.5) is 19.3 Å². The van der Waals surface area contributed by atoms with E-state index in [1.54, 1.807) is 11.0 Å². The molecule has 0 saturated carbocycles. The van der Waals surface area contributed by atoms with Gasteiger partial charge in [0.25, 0.3) is 6.43 Å². The molecule has 2 amide bonds. The molecule has 31 heavy (non-hydrogen) atoms. The van der Waals surface area contributed by atoms with Gasteiger partial charge in [0, 0.05) is 23.7 Å². The first kappa shape index (κ1) is 21.0. The minimum absolute atomic E-state index is 0.291. The third kappa shape index (κ3) is 4.02. The number of alkyl halides is 2. The maximum atomic E-state index is 13.1. The van der Waals surface area contributed by atoms with Crippen molar-refractivity contribution in [2.45, 2.75) is 55.7 Å². The van der Waals surface area contributed by atoms with Gasteiger partial charge in [-0.2, -0.15) is 0 Å². The second kappa shape index (κ2) is 7.91. The Bertz CT molecular complexity index is 1180. The zero-order valence-electron chi connectivity index (χ0n) is 17.0. The summed E-state index contributed by atoms with van der Waals surface area (Å²) in [6.07, 6.45) is 3.13. The number of carbonyl (C=O) groups excluding carboxylic acids is 1. The molecule has 1 atom stereocenters. The number of fused-ring (bicyclic) bond motifs is 3. The quantitative estimate of drug-likeness (QED) is 0.717. The van der Waals surface area contributed by atoms with Crippen molar-refractivity contribution >= 4 is 33.0 Å². The SMILES string of the molecule is N[S@](=O)(=NC(=O)Nc1c2c(cc3c1CC3)CCC2)c1cc2c(s1)CCN(CC(F)F)C2. The predicted molar refractivity (Wildman–Crippen MR) is 117 cm³/mol. The Hall–Kier alpha value is -1.88. The standard InChI is InChI=1S/C21H24F2N4O2S2/c22-18(23)11-27-7-6-17-14(10-27)9-19(30-17)31(24,29)26-21(28)25-20-15-3-1-2-12(15)8-13-4-5-16(13)20/h8-9,18H,1-7,10-11H2,(H3,24,25,26,28,29)/t31-/m0/s1. The molecule has 0 fully saturated rings. The van der Waals surface area contributed by atoms with Gasteiger partial charge in [0.05, 0.1) is 6.54 Å². The first-order valence-electron chi connectivity index (χ1n) is 10.4. The van der Waals surface area contributed by atoms with Gasteiger partial charge < -0.3 is 5.32 Å². The van der Waals surface area contributed by atoms with E-state index in [9.17, 15) is 17.8 Å². The van der Waals surface area contributed by atoms with Crippen LogP contribution in [0.1, 0.15) is 39.1 Å². The van der Waals surface area contributed by atoms with Gasteiger partial charge in [-0.25, -0.2) is 22.9 Å². The van der Waals surface area contributed by atoms with Crippen molar-refractivity contribution < 1.29 is 17.8 Å². The average molecular weight is 467 g/mol. The number of nitrogens with two attached hydrogens (primary N) is 1. The highest BCUT2D eigenvalue weighted by Crippen LogP contribution is 2.40. The summed E-state index contributed by atoms with van der Waals surface area (Å²) in [4.78, 5) is 15.3. The van der Waals surface area contributed by atoms with E-state index >= 15 is 0 Å². The van der Waals surface area contributed by atoms with Gasteiger partial charge in [-0.3, -0.25) is 4.90 Å². The lowest BCUT2D eigenvalue weighted by Gasteiger charge is -2.25. The van der Waals surface area contributed by atoms with E-state index in [1.165, 1.54) is 22.5 Å². The van der Waals surface area contributed by atoms with Crippen LogP contribution in [-0.2, 0) is 48.6 Å². The fourth-order valence-corrected chi connectivity index (χ4v) is 7.23. The molecule has 10 heteroatoms. The number of nitrogens with one attached hydrogen (secondary N) is 1. The lowest BCUT2D eigenvalue weighted by atomic mass is 9.83. The molecule has 1 aliphatic heterocycles. The average Bonchev–Trinajstić information content (AvgIpc) is 3.30. The topological polar surface area (TPSA) is 87.8 Å². The molecule has 1 aromatic heterocycles. The van der Waals surface area contributed by atoms with E-state index in [1.807, 2.05) is 0 Å². The Balaban J connectivity index is 1.38. The lowest BCUT2D eigenvalue weighted by molar-refractivity contribution is 0.0824. The molecule has 2 aromatic rings. The first-order valence-corrected chi connectivity index (χ1v) is 12.8. The van der Waals surface area contributed by atoms with Crippen LogP contribution < -0.4 is 10.5 Å². The van der Waals surface area contributed by atoms with Crippen LogP contribution in [0.25, 0.3) is 0 Å². The van der Waals surface area contributed by atoms with Crippen molar-refractivity contribution in [1.82, 2.24) is 4.90 Å². The van der Waals surface area contributed by atoms with E-state index in [2.05, 4.69) is 15.7 Å². The highest BCUT2D eigenvalue weighted by atomic mass is 32.2. The van der Waals surface area contributed by atoms with Gasteiger partial charge in [0.1, 0.15) is 4.21 Å². The summed E-state index contributed by atoms with van der Waals surface area (Å²) < 4.78 is 42.6. The Labute approximate surface area is 184 Å². The van der Waals surface area contributed by atoms with E-state index in [0.29, 0.717) is 23.7 Å². The van der Waals surface area contributed by atoms with Gasteiger partial charge in [-0.1, -0.05) is 6.07 Å². The number of halogens is 2. The first-order chi connectivity index (χ1) is 14.8. The smallest absolute Gasteiger partial charge is 0.305 e. The van der Waals surface area contributed by atoms with Crippen molar-refractivity contribution in [3.63, 3.8) is 0 Å². The highest BCUT2D eigenvalue weighted by Gasteiger charge is 2.28. The van der Waals surface area contributed by atoms with Gasteiger partial charge in [0.15, 0.2) is 9.92 Å². The Morgan fingerprint density at radius 3 is 2.68 bits per heavy atom. The fraction of sp³-hybridized carbons (Fsp3) is 0.476. The molecule has 0 radical (unpaired) electrons. The number of hydrogen-bond acceptors (Lipinski definition) is 4. The number of hydrogen-bond donors (Lipinski definition) is 2. The number of anilines is 1. The number of nitrogens with zero attached hydrogens (tertiary/aromatic N) is 2. The minimum atomic E-state index is -3.42. The second-order valence-electron chi connectivity index (χ2n) is 8.36. The third-order valence-corrected chi connectivity index (χ3v) is 9.43. The molecular formula is C21H24F2N4O2S2. The molecule has 0 spiro atoms. The maximum absolute atomic E-state index is 13.1. The summed E-state index contributed by atoms with van der Waals surface area (Å²) in [6.45, 7) is 0.589. The summed E-state index contributed by atoms with van der Waals surface area (Å²) in [5, 5.41) is 8.86. The maximum Gasteiger partial charge on any atom is 0.354 e.